The molecule has 0 saturated carbocycles. The lowest BCUT2D eigenvalue weighted by Gasteiger charge is -2.29. The van der Waals surface area contributed by atoms with Crippen LogP contribution in [-0.2, 0) is 9.63 Å². The van der Waals surface area contributed by atoms with Crippen molar-refractivity contribution in [3.8, 4) is 5.75 Å². The van der Waals surface area contributed by atoms with Gasteiger partial charge in [-0.25, -0.2) is 9.86 Å². The number of hydrogen-bond donors (Lipinski definition) is 1. The minimum atomic E-state index is -0.835. The average Bonchev–Trinajstić information content (AvgIpc) is 2.77. The van der Waals surface area contributed by atoms with Crippen LogP contribution in [0, 0.1) is 11.8 Å². The molecule has 29 heavy (non-hydrogen) atoms. The lowest BCUT2D eigenvalue weighted by atomic mass is 9.86. The lowest BCUT2D eigenvalue weighted by Crippen LogP contribution is -2.38. The highest BCUT2D eigenvalue weighted by atomic mass is 16.7. The van der Waals surface area contributed by atoms with Gasteiger partial charge in [-0.2, -0.15) is 0 Å². The van der Waals surface area contributed by atoms with Crippen molar-refractivity contribution in [3.63, 3.8) is 0 Å². The van der Waals surface area contributed by atoms with Gasteiger partial charge < -0.3 is 14.7 Å². The van der Waals surface area contributed by atoms with Crippen molar-refractivity contribution in [1.82, 2.24) is 9.96 Å². The normalized spacial score (nSPS) is 20.1. The van der Waals surface area contributed by atoms with Gasteiger partial charge in [0.25, 0.3) is 0 Å². The van der Waals surface area contributed by atoms with Crippen molar-refractivity contribution < 1.29 is 24.3 Å². The van der Waals surface area contributed by atoms with Gasteiger partial charge in [-0.05, 0) is 61.3 Å². The molecule has 1 aliphatic heterocycles. The minimum Gasteiger partial charge on any atom is -0.493 e. The summed E-state index contributed by atoms with van der Waals surface area (Å²) < 4.78 is 5.92. The molecule has 1 N–H and O–H groups in total. The van der Waals surface area contributed by atoms with Crippen LogP contribution in [0.2, 0.25) is 0 Å². The zero-order chi connectivity index (χ0) is 20.8. The molecule has 1 aromatic carbocycles. The summed E-state index contributed by atoms with van der Waals surface area (Å²) in [5.74, 6) is 1.24. The fraction of sp³-hybridized carbons (Fsp3) is 0.545. The number of likely N-dealkylation sites (tertiary alicyclic amines) is 1. The van der Waals surface area contributed by atoms with Crippen LogP contribution in [0.15, 0.2) is 30.3 Å². The summed E-state index contributed by atoms with van der Waals surface area (Å²) in [6.45, 7) is 1.78. The lowest BCUT2D eigenvalue weighted by molar-refractivity contribution is -0.173. The Bertz CT molecular complexity index is 738. The number of carbonyl (C=O) groups excluding carboxylic acids is 1. The molecular weight excluding hydrogens is 372 g/mol. The van der Waals surface area contributed by atoms with E-state index >= 15 is 0 Å². The van der Waals surface area contributed by atoms with Gasteiger partial charge in [0.2, 0.25) is 5.91 Å². The van der Waals surface area contributed by atoms with Crippen molar-refractivity contribution in [2.45, 2.75) is 32.1 Å². The molecule has 0 bridgehead atoms. The molecule has 158 valence electrons. The number of amides is 2. The van der Waals surface area contributed by atoms with E-state index in [2.05, 4.69) is 18.2 Å². The molecule has 0 radical (unpaired) electrons. The Morgan fingerprint density at radius 3 is 2.41 bits per heavy atom. The molecule has 1 unspecified atom stereocenters. The van der Waals surface area contributed by atoms with Crippen LogP contribution in [0.25, 0.3) is 5.57 Å². The minimum absolute atomic E-state index is 0.0150. The zero-order valence-electron chi connectivity index (χ0n) is 17.2. The molecule has 2 amide bonds. The van der Waals surface area contributed by atoms with Crippen molar-refractivity contribution >= 4 is 17.6 Å². The number of carbonyl (C=O) groups is 2. The van der Waals surface area contributed by atoms with Crippen molar-refractivity contribution in [2.75, 3.05) is 33.9 Å². The SMILES string of the molecule is CON(C)C(=O)C1CC=C(c2ccc(OCC3CCN(C(=O)O)CC3)cc2)CC1. The number of hydroxylamine groups is 2. The molecule has 1 atom stereocenters. The summed E-state index contributed by atoms with van der Waals surface area (Å²) in [5.41, 5.74) is 2.43. The summed E-state index contributed by atoms with van der Waals surface area (Å²) in [6.07, 6.45) is 5.43. The Morgan fingerprint density at radius 1 is 1.17 bits per heavy atom. The molecule has 1 aromatic rings. The topological polar surface area (TPSA) is 79.3 Å². The van der Waals surface area contributed by atoms with E-state index in [9.17, 15) is 9.59 Å². The van der Waals surface area contributed by atoms with Crippen molar-refractivity contribution in [3.05, 3.63) is 35.9 Å². The second-order valence-corrected chi connectivity index (χ2v) is 7.77. The van der Waals surface area contributed by atoms with Crippen LogP contribution in [0.1, 0.15) is 37.7 Å². The van der Waals surface area contributed by atoms with Gasteiger partial charge in [0.05, 0.1) is 13.7 Å². The maximum Gasteiger partial charge on any atom is 0.407 e. The molecule has 2 aliphatic rings. The molecule has 0 aromatic heterocycles. The Morgan fingerprint density at radius 2 is 1.86 bits per heavy atom. The number of hydrogen-bond acceptors (Lipinski definition) is 4. The Kier molecular flexibility index (Phi) is 7.14. The largest absolute Gasteiger partial charge is 0.493 e. The summed E-state index contributed by atoms with van der Waals surface area (Å²) in [5, 5.41) is 10.3. The average molecular weight is 402 g/mol. The maximum atomic E-state index is 12.2. The summed E-state index contributed by atoms with van der Waals surface area (Å²) in [6, 6.07) is 8.10. The molecule has 3 rings (SSSR count). The van der Waals surface area contributed by atoms with E-state index in [0.29, 0.717) is 25.6 Å². The molecule has 1 heterocycles. The molecule has 1 aliphatic carbocycles. The van der Waals surface area contributed by atoms with E-state index in [1.165, 1.54) is 22.6 Å². The van der Waals surface area contributed by atoms with Gasteiger partial charge in [0, 0.05) is 26.1 Å². The summed E-state index contributed by atoms with van der Waals surface area (Å²) >= 11 is 0. The molecule has 1 saturated heterocycles. The number of benzene rings is 1. The first-order chi connectivity index (χ1) is 14.0. The number of nitrogens with zero attached hydrogens (tertiary/aromatic N) is 2. The molecule has 7 nitrogen and oxygen atoms in total. The van der Waals surface area contributed by atoms with Gasteiger partial charge in [0.15, 0.2) is 0 Å². The quantitative estimate of drug-likeness (QED) is 0.735. The van der Waals surface area contributed by atoms with Gasteiger partial charge in [-0.1, -0.05) is 18.2 Å². The van der Waals surface area contributed by atoms with Gasteiger partial charge in [0.1, 0.15) is 5.75 Å². The van der Waals surface area contributed by atoms with Crippen LogP contribution in [0.4, 0.5) is 4.79 Å². The first-order valence-corrected chi connectivity index (χ1v) is 10.2. The second kappa shape index (κ2) is 9.78. The van der Waals surface area contributed by atoms with E-state index < -0.39 is 6.09 Å². The highest BCUT2D eigenvalue weighted by Gasteiger charge is 2.25. The third-order valence-electron chi connectivity index (χ3n) is 5.94. The fourth-order valence-corrected chi connectivity index (χ4v) is 3.94. The number of ether oxygens (including phenoxy) is 1. The molecule has 1 fully saturated rings. The Labute approximate surface area is 171 Å². The highest BCUT2D eigenvalue weighted by molar-refractivity contribution is 5.79. The van der Waals surface area contributed by atoms with E-state index in [-0.39, 0.29) is 11.8 Å². The maximum absolute atomic E-state index is 12.2. The summed E-state index contributed by atoms with van der Waals surface area (Å²) in [7, 11) is 3.15. The fourth-order valence-electron chi connectivity index (χ4n) is 3.94. The number of allylic oxidation sites excluding steroid dienone is 2. The van der Waals surface area contributed by atoms with Crippen molar-refractivity contribution in [1.29, 1.82) is 0 Å². The van der Waals surface area contributed by atoms with Crippen LogP contribution in [0.3, 0.4) is 0 Å². The predicted molar refractivity (Wildman–Crippen MR) is 109 cm³/mol. The van der Waals surface area contributed by atoms with E-state index in [1.807, 2.05) is 12.1 Å². The smallest absolute Gasteiger partial charge is 0.407 e. The first-order valence-electron chi connectivity index (χ1n) is 10.2. The molecule has 7 heteroatoms. The third kappa shape index (κ3) is 5.50. The second-order valence-electron chi connectivity index (χ2n) is 7.77. The van der Waals surface area contributed by atoms with Crippen LogP contribution in [0.5, 0.6) is 5.75 Å². The number of rotatable bonds is 6. The van der Waals surface area contributed by atoms with Crippen LogP contribution >= 0.6 is 0 Å². The number of carboxylic acid groups (broad SMARTS) is 1. The van der Waals surface area contributed by atoms with Crippen LogP contribution in [-0.4, -0.2) is 60.9 Å². The van der Waals surface area contributed by atoms with E-state index in [4.69, 9.17) is 14.7 Å². The monoisotopic (exact) mass is 402 g/mol. The standard InChI is InChI=1S/C22H30N2O5/c1-23(28-2)21(25)19-5-3-17(4-6-19)18-7-9-20(10-8-18)29-15-16-11-13-24(14-12-16)22(26)27/h3,7-10,16,19H,4-6,11-15H2,1-2H3,(H,26,27). The Hall–Kier alpha value is -2.54. The highest BCUT2D eigenvalue weighted by Crippen LogP contribution is 2.32. The molecular formula is C22H30N2O5. The van der Waals surface area contributed by atoms with Crippen molar-refractivity contribution in [2.24, 2.45) is 11.8 Å². The Balaban J connectivity index is 1.48. The van der Waals surface area contributed by atoms with E-state index in [1.54, 1.807) is 7.05 Å². The molecule has 0 spiro atoms. The van der Waals surface area contributed by atoms with Gasteiger partial charge >= 0.3 is 6.09 Å². The summed E-state index contributed by atoms with van der Waals surface area (Å²) in [4.78, 5) is 29.6. The third-order valence-corrected chi connectivity index (χ3v) is 5.94. The van der Waals surface area contributed by atoms with E-state index in [0.717, 1.165) is 43.4 Å². The van der Waals surface area contributed by atoms with Gasteiger partial charge in [-0.3, -0.25) is 9.63 Å². The zero-order valence-corrected chi connectivity index (χ0v) is 17.2. The predicted octanol–water partition coefficient (Wildman–Crippen LogP) is 3.66. The van der Waals surface area contributed by atoms with Gasteiger partial charge in [-0.15, -0.1) is 0 Å². The first kappa shape index (κ1) is 21.2. The number of piperidine rings is 1. The van der Waals surface area contributed by atoms with Crippen LogP contribution < -0.4 is 4.74 Å².